The lowest BCUT2D eigenvalue weighted by Gasteiger charge is -2.33. The SMILES string of the molecule is Cc1ccc(S(=O)(=O)N(CC(=O)N(Cc2c(Cl)cccc2Cl)[C@@H](C)C(=O)NC2CCCCC2)c2ccc(C(C)C)cc2)cc1. The van der Waals surface area contributed by atoms with E-state index in [0.29, 0.717) is 21.3 Å². The summed E-state index contributed by atoms with van der Waals surface area (Å²) >= 11 is 13.0. The lowest BCUT2D eigenvalue weighted by atomic mass is 9.95. The topological polar surface area (TPSA) is 86.8 Å². The summed E-state index contributed by atoms with van der Waals surface area (Å²) in [6, 6.07) is 17.8. The first kappa shape index (κ1) is 33.8. The van der Waals surface area contributed by atoms with Crippen LogP contribution in [-0.2, 0) is 26.2 Å². The van der Waals surface area contributed by atoms with E-state index in [1.54, 1.807) is 49.4 Å². The summed E-state index contributed by atoms with van der Waals surface area (Å²) in [7, 11) is -4.16. The Balaban J connectivity index is 1.72. The number of halogens is 2. The number of carbonyl (C=O) groups is 2. The van der Waals surface area contributed by atoms with Gasteiger partial charge in [-0.3, -0.25) is 13.9 Å². The highest BCUT2D eigenvalue weighted by Crippen LogP contribution is 2.29. The van der Waals surface area contributed by atoms with Gasteiger partial charge in [0.1, 0.15) is 12.6 Å². The maximum absolute atomic E-state index is 14.3. The molecule has 0 saturated heterocycles. The Morgan fingerprint density at radius 1 is 0.886 bits per heavy atom. The number of nitrogens with one attached hydrogen (secondary N) is 1. The first-order valence-electron chi connectivity index (χ1n) is 15.1. The molecule has 2 amide bonds. The van der Waals surface area contributed by atoms with E-state index >= 15 is 0 Å². The van der Waals surface area contributed by atoms with E-state index in [1.807, 2.05) is 19.1 Å². The molecule has 0 unspecified atom stereocenters. The molecule has 1 aliphatic carbocycles. The summed E-state index contributed by atoms with van der Waals surface area (Å²) in [6.45, 7) is 7.03. The van der Waals surface area contributed by atoms with Crippen LogP contribution in [0.5, 0.6) is 0 Å². The molecule has 0 aromatic heterocycles. The van der Waals surface area contributed by atoms with Gasteiger partial charge in [0.05, 0.1) is 10.6 Å². The Hall–Kier alpha value is -3.07. The molecule has 3 aromatic carbocycles. The highest BCUT2D eigenvalue weighted by Gasteiger charge is 2.34. The minimum absolute atomic E-state index is 0.0393. The molecule has 4 rings (SSSR count). The molecule has 1 N–H and O–H groups in total. The van der Waals surface area contributed by atoms with Crippen molar-refractivity contribution in [3.8, 4) is 0 Å². The number of aryl methyl sites for hydroxylation is 1. The normalized spacial score (nSPS) is 14.7. The van der Waals surface area contributed by atoms with E-state index < -0.39 is 28.5 Å². The Labute approximate surface area is 271 Å². The quantitative estimate of drug-likeness (QED) is 0.231. The van der Waals surface area contributed by atoms with E-state index in [9.17, 15) is 18.0 Å². The van der Waals surface area contributed by atoms with Gasteiger partial charge in [0, 0.05) is 28.2 Å². The van der Waals surface area contributed by atoms with Crippen LogP contribution in [0.15, 0.2) is 71.6 Å². The molecule has 236 valence electrons. The summed E-state index contributed by atoms with van der Waals surface area (Å²) in [5, 5.41) is 3.80. The van der Waals surface area contributed by atoms with Gasteiger partial charge >= 0.3 is 0 Å². The predicted octanol–water partition coefficient (Wildman–Crippen LogP) is 7.49. The molecule has 44 heavy (non-hydrogen) atoms. The molecular weight excluding hydrogens is 617 g/mol. The maximum Gasteiger partial charge on any atom is 0.264 e. The number of nitrogens with zero attached hydrogens (tertiary/aromatic N) is 2. The van der Waals surface area contributed by atoms with Crippen molar-refractivity contribution in [2.24, 2.45) is 0 Å². The number of amides is 2. The van der Waals surface area contributed by atoms with Gasteiger partial charge < -0.3 is 10.2 Å². The van der Waals surface area contributed by atoms with Crippen LogP contribution in [-0.4, -0.2) is 43.8 Å². The minimum atomic E-state index is -4.16. The van der Waals surface area contributed by atoms with Crippen molar-refractivity contribution in [2.45, 2.75) is 89.2 Å². The zero-order valence-corrected chi connectivity index (χ0v) is 28.1. The van der Waals surface area contributed by atoms with E-state index in [2.05, 4.69) is 19.2 Å². The summed E-state index contributed by atoms with van der Waals surface area (Å²) in [6.07, 6.45) is 4.99. The smallest absolute Gasteiger partial charge is 0.264 e. The maximum atomic E-state index is 14.3. The van der Waals surface area contributed by atoms with Gasteiger partial charge in [-0.05, 0) is 74.6 Å². The van der Waals surface area contributed by atoms with Crippen LogP contribution in [0, 0.1) is 6.92 Å². The first-order valence-corrected chi connectivity index (χ1v) is 17.3. The predicted molar refractivity (Wildman–Crippen MR) is 178 cm³/mol. The monoisotopic (exact) mass is 657 g/mol. The Morgan fingerprint density at radius 3 is 2.05 bits per heavy atom. The third-order valence-electron chi connectivity index (χ3n) is 8.24. The molecule has 3 aromatic rings. The molecule has 1 atom stereocenters. The third-order valence-corrected chi connectivity index (χ3v) is 10.7. The third kappa shape index (κ3) is 8.14. The molecule has 1 fully saturated rings. The van der Waals surface area contributed by atoms with E-state index in [4.69, 9.17) is 23.2 Å². The van der Waals surface area contributed by atoms with Gasteiger partial charge in [-0.25, -0.2) is 8.42 Å². The Bertz CT molecular complexity index is 1530. The van der Waals surface area contributed by atoms with Gasteiger partial charge in [0.15, 0.2) is 0 Å². The number of benzene rings is 3. The van der Waals surface area contributed by atoms with E-state index in [1.165, 1.54) is 17.0 Å². The second kappa shape index (κ2) is 14.8. The molecule has 1 aliphatic rings. The average molecular weight is 659 g/mol. The van der Waals surface area contributed by atoms with Gasteiger partial charge in [-0.2, -0.15) is 0 Å². The summed E-state index contributed by atoms with van der Waals surface area (Å²) in [5.74, 6) is -0.620. The molecule has 0 bridgehead atoms. The van der Waals surface area contributed by atoms with Crippen molar-refractivity contribution in [1.29, 1.82) is 0 Å². The molecular formula is C34H41Cl2N3O4S. The minimum Gasteiger partial charge on any atom is -0.352 e. The summed E-state index contributed by atoms with van der Waals surface area (Å²) in [4.78, 5) is 29.2. The standard InChI is InChI=1S/C34H41Cl2N3O4S/c1-23(2)26-15-17-28(18-16-26)39(44(42,43)29-19-13-24(3)14-20-29)22-33(40)38(21-30-31(35)11-8-12-32(30)36)25(4)34(41)37-27-9-6-5-7-10-27/h8,11-20,23,25,27H,5-7,9-10,21-22H2,1-4H3,(H,37,41)/t25-/m0/s1. The van der Waals surface area contributed by atoms with Crippen LogP contribution in [0.1, 0.15) is 75.5 Å². The zero-order chi connectivity index (χ0) is 32.0. The lowest BCUT2D eigenvalue weighted by Crippen LogP contribution is -2.53. The number of sulfonamides is 1. The van der Waals surface area contributed by atoms with Crippen LogP contribution in [0.25, 0.3) is 0 Å². The van der Waals surface area contributed by atoms with Crippen molar-refractivity contribution in [3.05, 3.63) is 93.5 Å². The van der Waals surface area contributed by atoms with E-state index in [-0.39, 0.29) is 29.3 Å². The van der Waals surface area contributed by atoms with Crippen molar-refractivity contribution < 1.29 is 18.0 Å². The number of anilines is 1. The summed E-state index contributed by atoms with van der Waals surface area (Å²) < 4.78 is 29.3. The van der Waals surface area contributed by atoms with Crippen molar-refractivity contribution >= 4 is 50.7 Å². The van der Waals surface area contributed by atoms with Crippen LogP contribution in [0.2, 0.25) is 10.0 Å². The zero-order valence-electron chi connectivity index (χ0n) is 25.7. The number of carbonyl (C=O) groups excluding carboxylic acids is 2. The lowest BCUT2D eigenvalue weighted by molar-refractivity contribution is -0.139. The average Bonchev–Trinajstić information content (AvgIpc) is 3.00. The van der Waals surface area contributed by atoms with E-state index in [0.717, 1.165) is 47.5 Å². The second-order valence-electron chi connectivity index (χ2n) is 11.8. The molecule has 1 saturated carbocycles. The van der Waals surface area contributed by atoms with Gasteiger partial charge in [0.2, 0.25) is 11.8 Å². The van der Waals surface area contributed by atoms with Crippen LogP contribution in [0.3, 0.4) is 0 Å². The van der Waals surface area contributed by atoms with Crippen LogP contribution in [0.4, 0.5) is 5.69 Å². The number of rotatable bonds is 11. The largest absolute Gasteiger partial charge is 0.352 e. The van der Waals surface area contributed by atoms with Gasteiger partial charge in [-0.1, -0.05) is 92.2 Å². The second-order valence-corrected chi connectivity index (χ2v) is 14.5. The van der Waals surface area contributed by atoms with Gasteiger partial charge in [-0.15, -0.1) is 0 Å². The highest BCUT2D eigenvalue weighted by molar-refractivity contribution is 7.92. The number of hydrogen-bond acceptors (Lipinski definition) is 4. The molecule has 0 aliphatic heterocycles. The highest BCUT2D eigenvalue weighted by atomic mass is 35.5. The van der Waals surface area contributed by atoms with Crippen LogP contribution < -0.4 is 9.62 Å². The van der Waals surface area contributed by atoms with Gasteiger partial charge in [0.25, 0.3) is 10.0 Å². The fraction of sp³-hybridized carbons (Fsp3) is 0.412. The molecule has 0 heterocycles. The Kier molecular flexibility index (Phi) is 11.4. The molecule has 10 heteroatoms. The fourth-order valence-corrected chi connectivity index (χ4v) is 7.33. The molecule has 0 spiro atoms. The number of hydrogen-bond donors (Lipinski definition) is 1. The molecule has 7 nitrogen and oxygen atoms in total. The fourth-order valence-electron chi connectivity index (χ4n) is 5.40. The summed E-state index contributed by atoms with van der Waals surface area (Å²) in [5.41, 5.74) is 2.78. The van der Waals surface area contributed by atoms with Crippen molar-refractivity contribution in [3.63, 3.8) is 0 Å². The van der Waals surface area contributed by atoms with Crippen LogP contribution >= 0.6 is 23.2 Å². The van der Waals surface area contributed by atoms with Crippen molar-refractivity contribution in [1.82, 2.24) is 10.2 Å². The first-order chi connectivity index (χ1) is 20.9. The Morgan fingerprint density at radius 2 is 1.48 bits per heavy atom. The van der Waals surface area contributed by atoms with Crippen molar-refractivity contribution in [2.75, 3.05) is 10.8 Å². The molecule has 0 radical (unpaired) electrons.